The van der Waals surface area contributed by atoms with E-state index >= 15 is 0 Å². The lowest BCUT2D eigenvalue weighted by molar-refractivity contribution is 0.0654. The molecule has 0 radical (unpaired) electrons. The Kier molecular flexibility index (Phi) is 6.04. The molecule has 0 bridgehead atoms. The molecular weight excluding hydrogens is 416 g/mol. The van der Waals surface area contributed by atoms with E-state index in [1.165, 1.54) is 9.80 Å². The van der Waals surface area contributed by atoms with Gasteiger partial charge in [0.05, 0.1) is 0 Å². The van der Waals surface area contributed by atoms with Crippen molar-refractivity contribution in [1.29, 1.82) is 0 Å². The third-order valence-electron chi connectivity index (χ3n) is 5.28. The van der Waals surface area contributed by atoms with Gasteiger partial charge in [-0.05, 0) is 36.8 Å². The summed E-state index contributed by atoms with van der Waals surface area (Å²) in [4.78, 5) is 37.7. The molecule has 1 aliphatic heterocycles. The van der Waals surface area contributed by atoms with Crippen LogP contribution in [0, 0.1) is 0 Å². The first-order valence-electron chi connectivity index (χ1n) is 10.3. The zero-order valence-electron chi connectivity index (χ0n) is 17.4. The van der Waals surface area contributed by atoms with Crippen molar-refractivity contribution in [3.8, 4) is 0 Å². The van der Waals surface area contributed by atoms with Crippen LogP contribution < -0.4 is 4.90 Å². The van der Waals surface area contributed by atoms with Crippen molar-refractivity contribution in [2.24, 2.45) is 0 Å². The number of carbonyl (C=O) groups is 2. The van der Waals surface area contributed by atoms with Gasteiger partial charge in [-0.2, -0.15) is 0 Å². The van der Waals surface area contributed by atoms with Gasteiger partial charge in [-0.25, -0.2) is 14.8 Å². The molecule has 1 aliphatic rings. The van der Waals surface area contributed by atoms with Gasteiger partial charge in [0.1, 0.15) is 11.0 Å². The number of rotatable bonds is 6. The first-order valence-corrected chi connectivity index (χ1v) is 10.6. The van der Waals surface area contributed by atoms with Gasteiger partial charge in [0.25, 0.3) is 5.91 Å². The SMILES string of the molecule is CCCCCN(C)C(=O)OC1c2ccccc2C(=O)N1c1ccc2ccc(Cl)nc2n1. The molecule has 31 heavy (non-hydrogen) atoms. The molecule has 1 unspecified atom stereocenters. The number of hydrogen-bond acceptors (Lipinski definition) is 5. The topological polar surface area (TPSA) is 75.6 Å². The van der Waals surface area contributed by atoms with Crippen LogP contribution in [0.2, 0.25) is 5.15 Å². The molecule has 0 spiro atoms. The largest absolute Gasteiger partial charge is 0.420 e. The Balaban J connectivity index is 1.67. The molecule has 8 heteroatoms. The molecule has 4 rings (SSSR count). The maximum absolute atomic E-state index is 13.2. The Hall–Kier alpha value is -3.19. The van der Waals surface area contributed by atoms with Crippen LogP contribution in [0.15, 0.2) is 48.5 Å². The quantitative estimate of drug-likeness (QED) is 0.390. The fourth-order valence-electron chi connectivity index (χ4n) is 3.60. The van der Waals surface area contributed by atoms with Crippen LogP contribution in [-0.2, 0) is 4.74 Å². The number of unbranched alkanes of at least 4 members (excludes halogenated alkanes) is 2. The fourth-order valence-corrected chi connectivity index (χ4v) is 3.74. The number of aromatic nitrogens is 2. The highest BCUT2D eigenvalue weighted by Gasteiger charge is 2.41. The number of ether oxygens (including phenoxy) is 1. The maximum Gasteiger partial charge on any atom is 0.411 e. The average Bonchev–Trinajstić information content (AvgIpc) is 3.05. The molecule has 0 aliphatic carbocycles. The fraction of sp³-hybridized carbons (Fsp3) is 0.304. The molecule has 7 nitrogen and oxygen atoms in total. The van der Waals surface area contributed by atoms with E-state index < -0.39 is 12.3 Å². The normalized spacial score (nSPS) is 15.3. The van der Waals surface area contributed by atoms with Gasteiger partial charge < -0.3 is 9.64 Å². The Bertz CT molecular complexity index is 1140. The van der Waals surface area contributed by atoms with Gasteiger partial charge in [-0.3, -0.25) is 9.69 Å². The standard InChI is InChI=1S/C23H23ClN4O3/c1-3-4-7-14-27(2)23(30)31-22-17-9-6-5-8-16(17)21(29)28(22)19-13-11-15-10-12-18(24)25-20(15)26-19/h5-6,8-13,22H,3-4,7,14H2,1-2H3. The molecule has 160 valence electrons. The van der Waals surface area contributed by atoms with Gasteiger partial charge in [-0.15, -0.1) is 0 Å². The highest BCUT2D eigenvalue weighted by Crippen LogP contribution is 2.38. The van der Waals surface area contributed by atoms with Crippen LogP contribution in [0.5, 0.6) is 0 Å². The van der Waals surface area contributed by atoms with Crippen LogP contribution in [-0.4, -0.2) is 40.5 Å². The second-order valence-corrected chi connectivity index (χ2v) is 7.86. The van der Waals surface area contributed by atoms with Gasteiger partial charge in [-0.1, -0.05) is 49.6 Å². The lowest BCUT2D eigenvalue weighted by Crippen LogP contribution is -2.36. The molecule has 0 saturated heterocycles. The van der Waals surface area contributed by atoms with Crippen molar-refractivity contribution in [1.82, 2.24) is 14.9 Å². The molecular formula is C23H23ClN4O3. The first-order chi connectivity index (χ1) is 15.0. The summed E-state index contributed by atoms with van der Waals surface area (Å²) in [6.45, 7) is 2.70. The van der Waals surface area contributed by atoms with Gasteiger partial charge in [0.2, 0.25) is 6.23 Å². The number of amides is 2. The van der Waals surface area contributed by atoms with E-state index in [1.807, 2.05) is 18.2 Å². The van der Waals surface area contributed by atoms with E-state index in [0.717, 1.165) is 24.6 Å². The van der Waals surface area contributed by atoms with E-state index in [1.54, 1.807) is 37.4 Å². The van der Waals surface area contributed by atoms with Crippen molar-refractivity contribution < 1.29 is 14.3 Å². The van der Waals surface area contributed by atoms with Crippen LogP contribution in [0.1, 0.15) is 48.3 Å². The van der Waals surface area contributed by atoms with Crippen LogP contribution in [0.3, 0.4) is 0 Å². The van der Waals surface area contributed by atoms with Gasteiger partial charge in [0, 0.05) is 30.1 Å². The Morgan fingerprint density at radius 2 is 1.90 bits per heavy atom. The van der Waals surface area contributed by atoms with Crippen molar-refractivity contribution in [3.63, 3.8) is 0 Å². The molecule has 3 heterocycles. The third-order valence-corrected chi connectivity index (χ3v) is 5.49. The summed E-state index contributed by atoms with van der Waals surface area (Å²) in [6, 6.07) is 14.1. The predicted octanol–water partition coefficient (Wildman–Crippen LogP) is 5.20. The van der Waals surface area contributed by atoms with Crippen molar-refractivity contribution in [2.75, 3.05) is 18.5 Å². The number of fused-ring (bicyclic) bond motifs is 2. The number of anilines is 1. The minimum atomic E-state index is -0.908. The van der Waals surface area contributed by atoms with Gasteiger partial charge >= 0.3 is 6.09 Å². The maximum atomic E-state index is 13.2. The van der Waals surface area contributed by atoms with E-state index in [9.17, 15) is 9.59 Å². The number of carbonyl (C=O) groups excluding carboxylic acids is 2. The highest BCUT2D eigenvalue weighted by molar-refractivity contribution is 6.29. The number of halogens is 1. The third kappa shape index (κ3) is 4.18. The summed E-state index contributed by atoms with van der Waals surface area (Å²) in [5.74, 6) is 0.0609. The van der Waals surface area contributed by atoms with E-state index in [0.29, 0.717) is 34.3 Å². The zero-order valence-corrected chi connectivity index (χ0v) is 18.2. The molecule has 0 saturated carbocycles. The minimum Gasteiger partial charge on any atom is -0.420 e. The highest BCUT2D eigenvalue weighted by atomic mass is 35.5. The summed E-state index contributed by atoms with van der Waals surface area (Å²) in [7, 11) is 1.70. The lowest BCUT2D eigenvalue weighted by Gasteiger charge is -2.26. The van der Waals surface area contributed by atoms with Crippen molar-refractivity contribution in [3.05, 3.63) is 64.8 Å². The predicted molar refractivity (Wildman–Crippen MR) is 119 cm³/mol. The molecule has 3 aromatic rings. The summed E-state index contributed by atoms with van der Waals surface area (Å²) in [5.41, 5.74) is 1.52. The van der Waals surface area contributed by atoms with E-state index in [2.05, 4.69) is 16.9 Å². The Labute approximate surface area is 185 Å². The number of benzene rings is 1. The Morgan fingerprint density at radius 1 is 1.13 bits per heavy atom. The van der Waals surface area contributed by atoms with E-state index in [4.69, 9.17) is 16.3 Å². The van der Waals surface area contributed by atoms with Gasteiger partial charge in [0.15, 0.2) is 5.65 Å². The smallest absolute Gasteiger partial charge is 0.411 e. The Morgan fingerprint density at radius 3 is 2.71 bits per heavy atom. The summed E-state index contributed by atoms with van der Waals surface area (Å²) < 4.78 is 5.81. The second-order valence-electron chi connectivity index (χ2n) is 7.48. The monoisotopic (exact) mass is 438 g/mol. The summed E-state index contributed by atoms with van der Waals surface area (Å²) in [5, 5.41) is 1.10. The first kappa shape index (κ1) is 21.1. The molecule has 1 atom stereocenters. The number of pyridine rings is 2. The summed E-state index contributed by atoms with van der Waals surface area (Å²) in [6.07, 6.45) is 1.59. The lowest BCUT2D eigenvalue weighted by atomic mass is 10.1. The van der Waals surface area contributed by atoms with E-state index in [-0.39, 0.29) is 5.91 Å². The zero-order chi connectivity index (χ0) is 22.0. The number of hydrogen-bond donors (Lipinski definition) is 0. The van der Waals surface area contributed by atoms with Crippen molar-refractivity contribution in [2.45, 2.75) is 32.4 Å². The molecule has 0 fully saturated rings. The number of nitrogens with zero attached hydrogens (tertiary/aromatic N) is 4. The van der Waals surface area contributed by atoms with Crippen LogP contribution in [0.25, 0.3) is 11.0 Å². The van der Waals surface area contributed by atoms with Crippen LogP contribution in [0.4, 0.5) is 10.6 Å². The van der Waals surface area contributed by atoms with Crippen molar-refractivity contribution >= 4 is 40.5 Å². The summed E-state index contributed by atoms with van der Waals surface area (Å²) >= 11 is 6.01. The molecule has 2 aromatic heterocycles. The average molecular weight is 439 g/mol. The molecule has 2 amide bonds. The minimum absolute atomic E-state index is 0.282. The second kappa shape index (κ2) is 8.89. The molecule has 0 N–H and O–H groups in total. The molecule has 1 aromatic carbocycles. The van der Waals surface area contributed by atoms with Crippen LogP contribution >= 0.6 is 11.6 Å².